The van der Waals surface area contributed by atoms with Gasteiger partial charge >= 0.3 is 0 Å². The van der Waals surface area contributed by atoms with E-state index < -0.39 is 0 Å². The molecule has 3 heterocycles. The van der Waals surface area contributed by atoms with Crippen LogP contribution in [0.3, 0.4) is 0 Å². The normalized spacial score (nSPS) is 17.5. The van der Waals surface area contributed by atoms with E-state index in [1.165, 1.54) is 0 Å². The Labute approximate surface area is 150 Å². The standard InChI is InChI=1S/C20H28N4O/c1-14(2)13-24-16(4)17(15(3)22-24)12-20(25)23-11-7-9-19(23)18-8-5-6-10-21-18/h5-6,8,10,14,19H,7,9,11-13H2,1-4H3/t19-/m0/s1. The van der Waals surface area contributed by atoms with Gasteiger partial charge in [0.05, 0.1) is 23.9 Å². The molecule has 25 heavy (non-hydrogen) atoms. The van der Waals surface area contributed by atoms with E-state index >= 15 is 0 Å². The Kier molecular flexibility index (Phi) is 5.21. The first-order valence-corrected chi connectivity index (χ1v) is 9.20. The zero-order valence-electron chi connectivity index (χ0n) is 15.7. The fourth-order valence-electron chi connectivity index (χ4n) is 3.71. The molecule has 2 aromatic heterocycles. The van der Waals surface area contributed by atoms with E-state index in [2.05, 4.69) is 30.9 Å². The van der Waals surface area contributed by atoms with Crippen molar-refractivity contribution in [1.82, 2.24) is 19.7 Å². The minimum absolute atomic E-state index is 0.111. The zero-order valence-corrected chi connectivity index (χ0v) is 15.7. The van der Waals surface area contributed by atoms with E-state index in [0.29, 0.717) is 12.3 Å². The van der Waals surface area contributed by atoms with Gasteiger partial charge in [-0.25, -0.2) is 0 Å². The topological polar surface area (TPSA) is 51.0 Å². The molecule has 0 saturated carbocycles. The first-order chi connectivity index (χ1) is 12.0. The van der Waals surface area contributed by atoms with Crippen LogP contribution >= 0.6 is 0 Å². The number of likely N-dealkylation sites (tertiary alicyclic amines) is 1. The molecule has 0 spiro atoms. The molecule has 134 valence electrons. The van der Waals surface area contributed by atoms with Gasteiger partial charge in [-0.3, -0.25) is 14.5 Å². The molecule has 3 rings (SSSR count). The minimum atomic E-state index is 0.111. The van der Waals surface area contributed by atoms with Gasteiger partial charge in [-0.1, -0.05) is 19.9 Å². The number of rotatable bonds is 5. The highest BCUT2D eigenvalue weighted by atomic mass is 16.2. The molecule has 0 radical (unpaired) electrons. The second kappa shape index (κ2) is 7.38. The summed E-state index contributed by atoms with van der Waals surface area (Å²) in [4.78, 5) is 19.5. The summed E-state index contributed by atoms with van der Waals surface area (Å²) >= 11 is 0. The van der Waals surface area contributed by atoms with Gasteiger partial charge in [-0.2, -0.15) is 5.10 Å². The van der Waals surface area contributed by atoms with Gasteiger partial charge in [-0.05, 0) is 44.7 Å². The molecule has 0 unspecified atom stereocenters. The summed E-state index contributed by atoms with van der Waals surface area (Å²) in [7, 11) is 0. The van der Waals surface area contributed by atoms with Crippen molar-refractivity contribution in [3.8, 4) is 0 Å². The number of nitrogens with zero attached hydrogens (tertiary/aromatic N) is 4. The lowest BCUT2D eigenvalue weighted by molar-refractivity contribution is -0.131. The van der Waals surface area contributed by atoms with Gasteiger partial charge in [0, 0.05) is 30.5 Å². The number of aryl methyl sites for hydroxylation is 1. The summed E-state index contributed by atoms with van der Waals surface area (Å²) in [6.45, 7) is 10.2. The van der Waals surface area contributed by atoms with Gasteiger partial charge in [0.1, 0.15) is 0 Å². The molecule has 0 aliphatic carbocycles. The molecule has 1 amide bonds. The van der Waals surface area contributed by atoms with Gasteiger partial charge in [0.2, 0.25) is 5.91 Å². The van der Waals surface area contributed by atoms with Crippen LogP contribution in [0.1, 0.15) is 55.4 Å². The molecule has 1 saturated heterocycles. The predicted octanol–water partition coefficient (Wildman–Crippen LogP) is 3.46. The van der Waals surface area contributed by atoms with E-state index in [0.717, 1.165) is 48.6 Å². The molecule has 5 heteroatoms. The number of amides is 1. The van der Waals surface area contributed by atoms with Gasteiger partial charge in [-0.15, -0.1) is 0 Å². The summed E-state index contributed by atoms with van der Waals surface area (Å²) in [6.07, 6.45) is 4.27. The van der Waals surface area contributed by atoms with E-state index in [9.17, 15) is 4.79 Å². The summed E-state index contributed by atoms with van der Waals surface area (Å²) in [5.74, 6) is 0.720. The highest BCUT2D eigenvalue weighted by Crippen LogP contribution is 2.31. The minimum Gasteiger partial charge on any atom is -0.334 e. The molecule has 0 aromatic carbocycles. The number of carbonyl (C=O) groups excluding carboxylic acids is 1. The molecule has 1 fully saturated rings. The number of aromatic nitrogens is 3. The van der Waals surface area contributed by atoms with Crippen molar-refractivity contribution >= 4 is 5.91 Å². The lowest BCUT2D eigenvalue weighted by Crippen LogP contribution is -2.32. The molecule has 1 aliphatic heterocycles. The van der Waals surface area contributed by atoms with Crippen molar-refractivity contribution in [1.29, 1.82) is 0 Å². The van der Waals surface area contributed by atoms with Crippen molar-refractivity contribution in [2.45, 2.75) is 59.5 Å². The van der Waals surface area contributed by atoms with Crippen LogP contribution in [0.4, 0.5) is 0 Å². The van der Waals surface area contributed by atoms with Crippen LogP contribution in [0.15, 0.2) is 24.4 Å². The molecule has 5 nitrogen and oxygen atoms in total. The van der Waals surface area contributed by atoms with Crippen LogP contribution in [0.2, 0.25) is 0 Å². The molecular weight excluding hydrogens is 312 g/mol. The Morgan fingerprint density at radius 1 is 1.32 bits per heavy atom. The Morgan fingerprint density at radius 3 is 2.80 bits per heavy atom. The number of carbonyl (C=O) groups is 1. The maximum atomic E-state index is 13.0. The quantitative estimate of drug-likeness (QED) is 0.837. The highest BCUT2D eigenvalue weighted by Gasteiger charge is 2.31. The summed E-state index contributed by atoms with van der Waals surface area (Å²) in [5, 5.41) is 4.64. The van der Waals surface area contributed by atoms with Crippen LogP contribution in [0, 0.1) is 19.8 Å². The van der Waals surface area contributed by atoms with Crippen LogP contribution in [-0.2, 0) is 17.8 Å². The maximum absolute atomic E-state index is 13.0. The molecule has 1 aliphatic rings. The summed E-state index contributed by atoms with van der Waals surface area (Å²) in [6, 6.07) is 6.04. The predicted molar refractivity (Wildman–Crippen MR) is 98.2 cm³/mol. The first kappa shape index (κ1) is 17.6. The summed E-state index contributed by atoms with van der Waals surface area (Å²) < 4.78 is 2.04. The van der Waals surface area contributed by atoms with Gasteiger partial charge in [0.15, 0.2) is 0 Å². The maximum Gasteiger partial charge on any atom is 0.227 e. The lowest BCUT2D eigenvalue weighted by atomic mass is 10.1. The largest absolute Gasteiger partial charge is 0.334 e. The smallest absolute Gasteiger partial charge is 0.227 e. The monoisotopic (exact) mass is 340 g/mol. The SMILES string of the molecule is Cc1nn(CC(C)C)c(C)c1CC(=O)N1CCC[C@H]1c1ccccn1. The Balaban J connectivity index is 1.77. The second-order valence-corrected chi connectivity index (χ2v) is 7.40. The Hall–Kier alpha value is -2.17. The molecule has 1 atom stereocenters. The van der Waals surface area contributed by atoms with Crippen LogP contribution in [0.5, 0.6) is 0 Å². The number of hydrogen-bond donors (Lipinski definition) is 0. The third-order valence-electron chi connectivity index (χ3n) is 5.00. The second-order valence-electron chi connectivity index (χ2n) is 7.40. The van der Waals surface area contributed by atoms with Crippen molar-refractivity contribution in [3.63, 3.8) is 0 Å². The summed E-state index contributed by atoms with van der Waals surface area (Å²) in [5.41, 5.74) is 4.17. The third kappa shape index (κ3) is 3.75. The van der Waals surface area contributed by atoms with Crippen LogP contribution in [-0.4, -0.2) is 32.1 Å². The van der Waals surface area contributed by atoms with Gasteiger partial charge in [0.25, 0.3) is 0 Å². The van der Waals surface area contributed by atoms with Crippen molar-refractivity contribution in [3.05, 3.63) is 47.0 Å². The zero-order chi connectivity index (χ0) is 18.0. The van der Waals surface area contributed by atoms with E-state index in [1.54, 1.807) is 6.20 Å². The number of pyridine rings is 1. The van der Waals surface area contributed by atoms with Gasteiger partial charge < -0.3 is 4.90 Å². The average molecular weight is 340 g/mol. The Bertz CT molecular complexity index is 736. The Morgan fingerprint density at radius 2 is 2.12 bits per heavy atom. The molecule has 2 aromatic rings. The third-order valence-corrected chi connectivity index (χ3v) is 5.00. The average Bonchev–Trinajstić information content (AvgIpc) is 3.16. The molecule has 0 N–H and O–H groups in total. The lowest BCUT2D eigenvalue weighted by Gasteiger charge is -2.24. The van der Waals surface area contributed by atoms with E-state index in [-0.39, 0.29) is 11.9 Å². The fraction of sp³-hybridized carbons (Fsp3) is 0.550. The first-order valence-electron chi connectivity index (χ1n) is 9.20. The van der Waals surface area contributed by atoms with Crippen LogP contribution in [0.25, 0.3) is 0 Å². The molecular formula is C20H28N4O. The van der Waals surface area contributed by atoms with Crippen molar-refractivity contribution in [2.24, 2.45) is 5.92 Å². The van der Waals surface area contributed by atoms with E-state index in [4.69, 9.17) is 0 Å². The molecule has 0 bridgehead atoms. The van der Waals surface area contributed by atoms with Crippen molar-refractivity contribution < 1.29 is 4.79 Å². The fourth-order valence-corrected chi connectivity index (χ4v) is 3.71. The van der Waals surface area contributed by atoms with Crippen molar-refractivity contribution in [2.75, 3.05) is 6.54 Å². The van der Waals surface area contributed by atoms with E-state index in [1.807, 2.05) is 34.7 Å². The number of hydrogen-bond acceptors (Lipinski definition) is 3. The highest BCUT2D eigenvalue weighted by molar-refractivity contribution is 5.80. The van der Waals surface area contributed by atoms with Crippen LogP contribution < -0.4 is 0 Å².